The van der Waals surface area contributed by atoms with Gasteiger partial charge in [0.2, 0.25) is 0 Å². The molecule has 0 saturated carbocycles. The van der Waals surface area contributed by atoms with Crippen LogP contribution in [0.2, 0.25) is 0 Å². The molecule has 0 unspecified atom stereocenters. The normalized spacial score (nSPS) is 19.2. The summed E-state index contributed by atoms with van der Waals surface area (Å²) in [6, 6.07) is 2.19. The third-order valence-electron chi connectivity index (χ3n) is 3.07. The number of nitrogens with zero attached hydrogens (tertiary/aromatic N) is 3. The Morgan fingerprint density at radius 1 is 1.43 bits per heavy atom. The Morgan fingerprint density at radius 3 is 2.86 bits per heavy atom. The molecule has 0 radical (unpaired) electrons. The molecule has 6 nitrogen and oxygen atoms in total. The lowest BCUT2D eigenvalue weighted by atomic mass is 10.1. The summed E-state index contributed by atoms with van der Waals surface area (Å²) in [5.74, 6) is 0. The Morgan fingerprint density at radius 2 is 2.19 bits per heavy atom. The molecular formula is C15H23N3O3. The van der Waals surface area contributed by atoms with Crippen molar-refractivity contribution in [1.29, 1.82) is 0 Å². The quantitative estimate of drug-likeness (QED) is 0.838. The number of hydrogen-bond acceptors (Lipinski definition) is 5. The van der Waals surface area contributed by atoms with Gasteiger partial charge in [-0.05, 0) is 46.6 Å². The Bertz CT molecular complexity index is 499. The van der Waals surface area contributed by atoms with Crippen LogP contribution in [0.15, 0.2) is 12.3 Å². The monoisotopic (exact) mass is 293 g/mol. The molecule has 21 heavy (non-hydrogen) atoms. The molecule has 1 atom stereocenters. The van der Waals surface area contributed by atoms with Crippen LogP contribution < -0.4 is 4.74 Å². The minimum absolute atomic E-state index is 0.0898. The van der Waals surface area contributed by atoms with E-state index < -0.39 is 5.60 Å². The molecule has 116 valence electrons. The number of likely N-dealkylation sites (tertiary alicyclic amines) is 1. The van der Waals surface area contributed by atoms with E-state index in [1.807, 2.05) is 33.8 Å². The standard InChI is InChI=1S/C15H23N3O3/c1-11-7-8-16-13(17-11)20-12-6-5-9-18(10-12)14(19)21-15(2,3)4/h7-8,12H,5-6,9-10H2,1-4H3/t12-/m1/s1. The molecule has 1 aliphatic rings. The van der Waals surface area contributed by atoms with E-state index in [4.69, 9.17) is 9.47 Å². The maximum absolute atomic E-state index is 12.1. The van der Waals surface area contributed by atoms with Gasteiger partial charge in [-0.2, -0.15) is 0 Å². The molecule has 0 spiro atoms. The maximum atomic E-state index is 12.1. The molecule has 2 heterocycles. The van der Waals surface area contributed by atoms with Gasteiger partial charge in [0.15, 0.2) is 0 Å². The molecule has 6 heteroatoms. The van der Waals surface area contributed by atoms with Gasteiger partial charge in [0.1, 0.15) is 11.7 Å². The van der Waals surface area contributed by atoms with Crippen LogP contribution in [0.3, 0.4) is 0 Å². The van der Waals surface area contributed by atoms with E-state index in [-0.39, 0.29) is 12.2 Å². The summed E-state index contributed by atoms with van der Waals surface area (Å²) in [4.78, 5) is 22.1. The highest BCUT2D eigenvalue weighted by Gasteiger charge is 2.28. The van der Waals surface area contributed by atoms with Gasteiger partial charge >= 0.3 is 12.1 Å². The molecule has 2 rings (SSSR count). The van der Waals surface area contributed by atoms with Gasteiger partial charge < -0.3 is 14.4 Å². The third kappa shape index (κ3) is 4.88. The highest BCUT2D eigenvalue weighted by molar-refractivity contribution is 5.68. The second-order valence-electron chi connectivity index (χ2n) is 6.29. The zero-order valence-corrected chi connectivity index (χ0v) is 13.1. The summed E-state index contributed by atoms with van der Waals surface area (Å²) in [6.07, 6.45) is 3.06. The van der Waals surface area contributed by atoms with Crippen LogP contribution >= 0.6 is 0 Å². The number of rotatable bonds is 2. The van der Waals surface area contributed by atoms with Crippen molar-refractivity contribution in [2.45, 2.75) is 52.2 Å². The molecular weight excluding hydrogens is 270 g/mol. The van der Waals surface area contributed by atoms with E-state index in [9.17, 15) is 4.79 Å². The molecule has 0 bridgehead atoms. The highest BCUT2D eigenvalue weighted by atomic mass is 16.6. The van der Waals surface area contributed by atoms with Crippen LogP contribution in [0.1, 0.15) is 39.3 Å². The molecule has 0 aromatic carbocycles. The second-order valence-corrected chi connectivity index (χ2v) is 6.29. The van der Waals surface area contributed by atoms with Crippen LogP contribution in [0.4, 0.5) is 4.79 Å². The summed E-state index contributed by atoms with van der Waals surface area (Å²) < 4.78 is 11.2. The van der Waals surface area contributed by atoms with Crippen molar-refractivity contribution < 1.29 is 14.3 Å². The van der Waals surface area contributed by atoms with Crippen LogP contribution in [-0.4, -0.2) is 45.8 Å². The van der Waals surface area contributed by atoms with E-state index in [0.29, 0.717) is 19.1 Å². The Balaban J connectivity index is 1.93. The molecule has 1 saturated heterocycles. The van der Waals surface area contributed by atoms with Crippen molar-refractivity contribution in [3.8, 4) is 6.01 Å². The van der Waals surface area contributed by atoms with Crippen molar-refractivity contribution in [2.24, 2.45) is 0 Å². The van der Waals surface area contributed by atoms with E-state index in [0.717, 1.165) is 18.5 Å². The minimum Gasteiger partial charge on any atom is -0.458 e. The minimum atomic E-state index is -0.482. The lowest BCUT2D eigenvalue weighted by molar-refractivity contribution is 0.00658. The topological polar surface area (TPSA) is 64.5 Å². The lowest BCUT2D eigenvalue weighted by Crippen LogP contribution is -2.46. The highest BCUT2D eigenvalue weighted by Crippen LogP contribution is 2.18. The third-order valence-corrected chi connectivity index (χ3v) is 3.07. The first-order valence-corrected chi connectivity index (χ1v) is 7.28. The van der Waals surface area contributed by atoms with Gasteiger partial charge in [-0.3, -0.25) is 0 Å². The zero-order chi connectivity index (χ0) is 15.5. The molecule has 0 aliphatic carbocycles. The molecule has 1 aromatic heterocycles. The van der Waals surface area contributed by atoms with Gasteiger partial charge in [0, 0.05) is 18.4 Å². The summed E-state index contributed by atoms with van der Waals surface area (Å²) in [5, 5.41) is 0. The molecule has 1 aliphatic heterocycles. The van der Waals surface area contributed by atoms with Crippen LogP contribution in [0, 0.1) is 6.92 Å². The van der Waals surface area contributed by atoms with Gasteiger partial charge in [-0.25, -0.2) is 14.8 Å². The number of amides is 1. The average molecular weight is 293 g/mol. The van der Waals surface area contributed by atoms with Gasteiger partial charge in [-0.1, -0.05) is 0 Å². The van der Waals surface area contributed by atoms with Crippen molar-refractivity contribution in [2.75, 3.05) is 13.1 Å². The van der Waals surface area contributed by atoms with E-state index in [1.165, 1.54) is 0 Å². The van der Waals surface area contributed by atoms with E-state index >= 15 is 0 Å². The van der Waals surface area contributed by atoms with Crippen molar-refractivity contribution >= 4 is 6.09 Å². The van der Waals surface area contributed by atoms with E-state index in [1.54, 1.807) is 11.1 Å². The maximum Gasteiger partial charge on any atom is 0.410 e. The van der Waals surface area contributed by atoms with Crippen molar-refractivity contribution in [3.63, 3.8) is 0 Å². The number of hydrogen-bond donors (Lipinski definition) is 0. The van der Waals surface area contributed by atoms with Gasteiger partial charge in [-0.15, -0.1) is 0 Å². The Kier molecular flexibility index (Phi) is 4.65. The Labute approximate surface area is 125 Å². The number of piperidine rings is 1. The number of carbonyl (C=O) groups is 1. The summed E-state index contributed by atoms with van der Waals surface area (Å²) in [7, 11) is 0. The molecule has 1 amide bonds. The van der Waals surface area contributed by atoms with Gasteiger partial charge in [0.05, 0.1) is 6.54 Å². The fourth-order valence-corrected chi connectivity index (χ4v) is 2.16. The molecule has 1 fully saturated rings. The predicted octanol–water partition coefficient (Wildman–Crippen LogP) is 2.56. The zero-order valence-electron chi connectivity index (χ0n) is 13.1. The molecule has 0 N–H and O–H groups in total. The number of aromatic nitrogens is 2. The lowest BCUT2D eigenvalue weighted by Gasteiger charge is -2.33. The second kappa shape index (κ2) is 6.28. The SMILES string of the molecule is Cc1ccnc(O[C@@H]2CCCN(C(=O)OC(C)(C)C)C2)n1. The fourth-order valence-electron chi connectivity index (χ4n) is 2.16. The first kappa shape index (κ1) is 15.5. The first-order valence-electron chi connectivity index (χ1n) is 7.28. The first-order chi connectivity index (χ1) is 9.83. The van der Waals surface area contributed by atoms with Crippen molar-refractivity contribution in [3.05, 3.63) is 18.0 Å². The summed E-state index contributed by atoms with van der Waals surface area (Å²) >= 11 is 0. The van der Waals surface area contributed by atoms with Gasteiger partial charge in [0.25, 0.3) is 0 Å². The Hall–Kier alpha value is -1.85. The van der Waals surface area contributed by atoms with Crippen LogP contribution in [0.25, 0.3) is 0 Å². The van der Waals surface area contributed by atoms with Crippen LogP contribution in [-0.2, 0) is 4.74 Å². The molecule has 1 aromatic rings. The predicted molar refractivity (Wildman–Crippen MR) is 78.2 cm³/mol. The fraction of sp³-hybridized carbons (Fsp3) is 0.667. The number of aryl methyl sites for hydroxylation is 1. The smallest absolute Gasteiger partial charge is 0.410 e. The average Bonchev–Trinajstić information content (AvgIpc) is 2.37. The van der Waals surface area contributed by atoms with E-state index in [2.05, 4.69) is 9.97 Å². The largest absolute Gasteiger partial charge is 0.458 e. The van der Waals surface area contributed by atoms with Crippen LogP contribution in [0.5, 0.6) is 6.01 Å². The summed E-state index contributed by atoms with van der Waals surface area (Å²) in [5.41, 5.74) is 0.379. The van der Waals surface area contributed by atoms with Crippen molar-refractivity contribution in [1.82, 2.24) is 14.9 Å². The number of carbonyl (C=O) groups excluding carboxylic acids is 1. The number of ether oxygens (including phenoxy) is 2. The summed E-state index contributed by atoms with van der Waals surface area (Å²) in [6.45, 7) is 8.69.